The van der Waals surface area contributed by atoms with E-state index >= 15 is 0 Å². The molecule has 0 heterocycles. The summed E-state index contributed by atoms with van der Waals surface area (Å²) in [6, 6.07) is 3.93. The molecule has 1 aromatic carbocycles. The topological polar surface area (TPSA) is 37.3 Å². The lowest BCUT2D eigenvalue weighted by molar-refractivity contribution is -0.113. The summed E-state index contributed by atoms with van der Waals surface area (Å²) in [4.78, 5) is 11.9. The van der Waals surface area contributed by atoms with Gasteiger partial charge in [0, 0.05) is 18.4 Å². The number of rotatable bonds is 1. The van der Waals surface area contributed by atoms with E-state index in [0.29, 0.717) is 18.4 Å². The lowest BCUT2D eigenvalue weighted by atomic mass is 9.92. The smallest absolute Gasteiger partial charge is 0.167 e. The van der Waals surface area contributed by atoms with Gasteiger partial charge in [-0.1, -0.05) is 5.92 Å². The summed E-state index contributed by atoms with van der Waals surface area (Å²) in [5, 5.41) is 9.87. The Hall–Kier alpha value is -2.01. The Balaban J connectivity index is 2.62. The van der Waals surface area contributed by atoms with Gasteiger partial charge < -0.3 is 5.11 Å². The number of benzene rings is 1. The molecule has 0 aliphatic heterocycles. The van der Waals surface area contributed by atoms with Crippen LogP contribution in [0.2, 0.25) is 0 Å². The maximum absolute atomic E-state index is 11.9. The molecule has 1 aromatic rings. The number of aryl methyl sites for hydroxylation is 2. The van der Waals surface area contributed by atoms with Gasteiger partial charge in [-0.25, -0.2) is 0 Å². The number of hydrogen-bond acceptors (Lipinski definition) is 2. The number of carbonyl (C=O) groups excluding carboxylic acids is 1. The molecule has 1 aliphatic carbocycles. The molecule has 1 N–H and O–H groups in total. The molecule has 0 fully saturated rings. The molecule has 2 heteroatoms. The first-order valence-electron chi connectivity index (χ1n) is 6.04. The molecule has 2 rings (SSSR count). The maximum atomic E-state index is 11.9. The SMILES string of the molecule is CC#Cc1cc(C)c(C2=C(O)CCC2=O)c(C)c1. The molecule has 0 saturated heterocycles. The summed E-state index contributed by atoms with van der Waals surface area (Å²) in [6.45, 7) is 5.71. The van der Waals surface area contributed by atoms with Gasteiger partial charge in [-0.15, -0.1) is 5.92 Å². The normalized spacial score (nSPS) is 14.7. The van der Waals surface area contributed by atoms with Gasteiger partial charge in [0.1, 0.15) is 5.76 Å². The molecule has 0 radical (unpaired) electrons. The molecule has 1 aliphatic rings. The van der Waals surface area contributed by atoms with Crippen molar-refractivity contribution in [3.05, 3.63) is 40.1 Å². The highest BCUT2D eigenvalue weighted by Crippen LogP contribution is 2.33. The van der Waals surface area contributed by atoms with E-state index in [1.807, 2.05) is 26.0 Å². The second-order valence-corrected chi connectivity index (χ2v) is 4.60. The van der Waals surface area contributed by atoms with E-state index in [4.69, 9.17) is 0 Å². The van der Waals surface area contributed by atoms with Crippen molar-refractivity contribution < 1.29 is 9.90 Å². The van der Waals surface area contributed by atoms with Crippen molar-refractivity contribution in [2.75, 3.05) is 0 Å². The van der Waals surface area contributed by atoms with Crippen molar-refractivity contribution in [1.82, 2.24) is 0 Å². The fraction of sp³-hybridized carbons (Fsp3) is 0.312. The van der Waals surface area contributed by atoms with Gasteiger partial charge in [-0.05, 0) is 49.6 Å². The van der Waals surface area contributed by atoms with Gasteiger partial charge in [0.15, 0.2) is 5.78 Å². The molecule has 0 amide bonds. The predicted octanol–water partition coefficient (Wildman–Crippen LogP) is 3.31. The third-order valence-corrected chi connectivity index (χ3v) is 3.21. The van der Waals surface area contributed by atoms with Crippen molar-refractivity contribution in [1.29, 1.82) is 0 Å². The number of Topliss-reactive ketones (excluding diaryl/α,β-unsaturated/α-hetero) is 1. The molecule has 0 saturated carbocycles. The summed E-state index contributed by atoms with van der Waals surface area (Å²) in [7, 11) is 0. The fourth-order valence-electron chi connectivity index (χ4n) is 2.50. The van der Waals surface area contributed by atoms with Crippen LogP contribution in [0.4, 0.5) is 0 Å². The van der Waals surface area contributed by atoms with Gasteiger partial charge in [-0.3, -0.25) is 4.79 Å². The minimum absolute atomic E-state index is 0.0352. The first-order chi connectivity index (χ1) is 8.54. The Morgan fingerprint density at radius 1 is 1.17 bits per heavy atom. The number of ketones is 1. The molecular formula is C16H16O2. The molecular weight excluding hydrogens is 224 g/mol. The zero-order valence-corrected chi connectivity index (χ0v) is 10.9. The van der Waals surface area contributed by atoms with Gasteiger partial charge >= 0.3 is 0 Å². The van der Waals surface area contributed by atoms with Crippen LogP contribution >= 0.6 is 0 Å². The number of allylic oxidation sites excluding steroid dienone is 2. The van der Waals surface area contributed by atoms with Crippen molar-refractivity contribution in [2.24, 2.45) is 0 Å². The van der Waals surface area contributed by atoms with Crippen molar-refractivity contribution in [2.45, 2.75) is 33.6 Å². The van der Waals surface area contributed by atoms with E-state index in [9.17, 15) is 9.90 Å². The fourth-order valence-corrected chi connectivity index (χ4v) is 2.50. The quantitative estimate of drug-likeness (QED) is 0.765. The van der Waals surface area contributed by atoms with Crippen LogP contribution in [0.3, 0.4) is 0 Å². The second kappa shape index (κ2) is 4.70. The summed E-state index contributed by atoms with van der Waals surface area (Å²) < 4.78 is 0. The highest BCUT2D eigenvalue weighted by atomic mass is 16.3. The van der Waals surface area contributed by atoms with E-state index in [-0.39, 0.29) is 11.5 Å². The third-order valence-electron chi connectivity index (χ3n) is 3.21. The molecule has 2 nitrogen and oxygen atoms in total. The van der Waals surface area contributed by atoms with Gasteiger partial charge in [0.2, 0.25) is 0 Å². The highest BCUT2D eigenvalue weighted by molar-refractivity contribution is 6.24. The van der Waals surface area contributed by atoms with E-state index in [1.54, 1.807) is 6.92 Å². The second-order valence-electron chi connectivity index (χ2n) is 4.60. The monoisotopic (exact) mass is 240 g/mol. The van der Waals surface area contributed by atoms with E-state index in [1.165, 1.54) is 0 Å². The summed E-state index contributed by atoms with van der Waals surface area (Å²) >= 11 is 0. The van der Waals surface area contributed by atoms with Gasteiger partial charge in [-0.2, -0.15) is 0 Å². The Morgan fingerprint density at radius 2 is 1.78 bits per heavy atom. The van der Waals surface area contributed by atoms with Crippen LogP contribution in [0, 0.1) is 25.7 Å². The van der Waals surface area contributed by atoms with Crippen LogP contribution in [-0.4, -0.2) is 10.9 Å². The molecule has 92 valence electrons. The molecule has 0 spiro atoms. The zero-order chi connectivity index (χ0) is 13.3. The molecule has 0 aromatic heterocycles. The standard InChI is InChI=1S/C16H16O2/c1-4-5-12-8-10(2)15(11(3)9-12)16-13(17)6-7-14(16)18/h8-9,17H,6-7H2,1-3H3. The van der Waals surface area contributed by atoms with Crippen molar-refractivity contribution >= 4 is 11.4 Å². The molecule has 18 heavy (non-hydrogen) atoms. The lowest BCUT2D eigenvalue weighted by Crippen LogP contribution is -2.02. The first-order valence-corrected chi connectivity index (χ1v) is 6.04. The van der Waals surface area contributed by atoms with Crippen LogP contribution in [0.25, 0.3) is 5.57 Å². The Labute approximate surface area is 107 Å². The Morgan fingerprint density at radius 3 is 2.22 bits per heavy atom. The van der Waals surface area contributed by atoms with Crippen LogP contribution in [-0.2, 0) is 4.79 Å². The first kappa shape index (κ1) is 12.4. The van der Waals surface area contributed by atoms with E-state index < -0.39 is 0 Å². The predicted molar refractivity (Wildman–Crippen MR) is 72.3 cm³/mol. The molecule has 0 atom stereocenters. The van der Waals surface area contributed by atoms with Crippen LogP contribution < -0.4 is 0 Å². The lowest BCUT2D eigenvalue weighted by Gasteiger charge is -2.11. The maximum Gasteiger partial charge on any atom is 0.167 e. The third kappa shape index (κ3) is 2.04. The average Bonchev–Trinajstić information content (AvgIpc) is 2.60. The Bertz CT molecular complexity index is 587. The van der Waals surface area contributed by atoms with E-state index in [0.717, 1.165) is 22.3 Å². The number of hydrogen-bond donors (Lipinski definition) is 1. The zero-order valence-electron chi connectivity index (χ0n) is 10.9. The minimum Gasteiger partial charge on any atom is -0.512 e. The van der Waals surface area contributed by atoms with Crippen LogP contribution in [0.15, 0.2) is 17.9 Å². The highest BCUT2D eigenvalue weighted by Gasteiger charge is 2.26. The summed E-state index contributed by atoms with van der Waals surface area (Å²) in [5.41, 5.74) is 4.30. The van der Waals surface area contributed by atoms with Crippen molar-refractivity contribution in [3.63, 3.8) is 0 Å². The van der Waals surface area contributed by atoms with Crippen molar-refractivity contribution in [3.8, 4) is 11.8 Å². The number of aliphatic hydroxyl groups excluding tert-OH is 1. The van der Waals surface area contributed by atoms with Crippen LogP contribution in [0.1, 0.15) is 42.0 Å². The minimum atomic E-state index is 0.0352. The van der Waals surface area contributed by atoms with Gasteiger partial charge in [0.05, 0.1) is 5.57 Å². The molecule has 0 bridgehead atoms. The summed E-state index contributed by atoms with van der Waals surface area (Å²) in [6.07, 6.45) is 0.875. The van der Waals surface area contributed by atoms with Gasteiger partial charge in [0.25, 0.3) is 0 Å². The summed E-state index contributed by atoms with van der Waals surface area (Å²) in [5.74, 6) is 6.14. The number of carbonyl (C=O) groups is 1. The average molecular weight is 240 g/mol. The number of aliphatic hydroxyl groups is 1. The van der Waals surface area contributed by atoms with Crippen LogP contribution in [0.5, 0.6) is 0 Å². The Kier molecular flexibility index (Phi) is 3.25. The largest absolute Gasteiger partial charge is 0.512 e. The molecule has 0 unspecified atom stereocenters. The van der Waals surface area contributed by atoms with E-state index in [2.05, 4.69) is 11.8 Å².